The Morgan fingerprint density at radius 3 is 2.58 bits per heavy atom. The summed E-state index contributed by atoms with van der Waals surface area (Å²) < 4.78 is 30.9. The Morgan fingerprint density at radius 1 is 1.33 bits per heavy atom. The number of hydrogen-bond donors (Lipinski definition) is 0. The van der Waals surface area contributed by atoms with Crippen molar-refractivity contribution in [1.82, 2.24) is 9.21 Å². The number of benzene rings is 1. The predicted molar refractivity (Wildman–Crippen MR) is 91.1 cm³/mol. The molecule has 0 bridgehead atoms. The van der Waals surface area contributed by atoms with Crippen LogP contribution in [0.1, 0.15) is 23.2 Å². The Balaban J connectivity index is 2.39. The molecule has 0 spiro atoms. The molecule has 0 N–H and O–H groups in total. The van der Waals surface area contributed by atoms with Gasteiger partial charge in [-0.05, 0) is 47.0 Å². The van der Waals surface area contributed by atoms with Crippen molar-refractivity contribution in [3.63, 3.8) is 0 Å². The molecule has 0 radical (unpaired) electrons. The van der Waals surface area contributed by atoms with Crippen LogP contribution in [0.4, 0.5) is 0 Å². The number of methoxy groups -OCH3 is 1. The van der Waals surface area contributed by atoms with Crippen LogP contribution in [0, 0.1) is 0 Å². The molecule has 2 rings (SSSR count). The number of hydrogen-bond acceptors (Lipinski definition) is 5. The van der Waals surface area contributed by atoms with Crippen LogP contribution in [-0.4, -0.2) is 63.3 Å². The van der Waals surface area contributed by atoms with Crippen LogP contribution in [0.2, 0.25) is 0 Å². The number of nitrogens with zero attached hydrogens (tertiary/aromatic N) is 2. The van der Waals surface area contributed by atoms with Gasteiger partial charge >= 0.3 is 5.97 Å². The van der Waals surface area contributed by atoms with Gasteiger partial charge in [-0.3, -0.25) is 4.79 Å². The van der Waals surface area contributed by atoms with Gasteiger partial charge in [0.1, 0.15) is 6.04 Å². The molecule has 7 nitrogen and oxygen atoms in total. The smallest absolute Gasteiger partial charge is 0.328 e. The fourth-order valence-electron chi connectivity index (χ4n) is 2.59. The average molecular weight is 419 g/mol. The fourth-order valence-corrected chi connectivity index (χ4v) is 4.43. The van der Waals surface area contributed by atoms with Gasteiger partial charge in [-0.15, -0.1) is 0 Å². The molecule has 9 heteroatoms. The molecule has 1 aliphatic rings. The summed E-state index contributed by atoms with van der Waals surface area (Å²) in [6, 6.07) is 3.76. The monoisotopic (exact) mass is 418 g/mol. The molecular weight excluding hydrogens is 400 g/mol. The largest absolute Gasteiger partial charge is 0.467 e. The summed E-state index contributed by atoms with van der Waals surface area (Å²) in [5.41, 5.74) is 0.217. The van der Waals surface area contributed by atoms with Gasteiger partial charge in [-0.25, -0.2) is 17.5 Å². The first-order chi connectivity index (χ1) is 11.2. The van der Waals surface area contributed by atoms with Crippen molar-refractivity contribution in [2.45, 2.75) is 23.8 Å². The predicted octanol–water partition coefficient (Wildman–Crippen LogP) is 1.48. The van der Waals surface area contributed by atoms with Gasteiger partial charge in [0.25, 0.3) is 5.91 Å². The van der Waals surface area contributed by atoms with E-state index < -0.39 is 22.0 Å². The Labute approximate surface area is 149 Å². The fraction of sp³-hybridized carbons (Fsp3) is 0.467. The van der Waals surface area contributed by atoms with Crippen LogP contribution >= 0.6 is 15.9 Å². The van der Waals surface area contributed by atoms with Crippen LogP contribution in [0.3, 0.4) is 0 Å². The number of esters is 1. The van der Waals surface area contributed by atoms with Gasteiger partial charge in [0.05, 0.1) is 12.0 Å². The van der Waals surface area contributed by atoms with Crippen molar-refractivity contribution in [2.24, 2.45) is 0 Å². The molecule has 1 aromatic carbocycles. The second-order valence-corrected chi connectivity index (χ2v) is 8.59. The molecule has 1 aromatic rings. The number of carbonyl (C=O) groups excluding carboxylic acids is 2. The van der Waals surface area contributed by atoms with E-state index in [0.717, 1.165) is 4.31 Å². The molecule has 132 valence electrons. The minimum absolute atomic E-state index is 0.00663. The van der Waals surface area contributed by atoms with Gasteiger partial charge < -0.3 is 9.64 Å². The SMILES string of the molecule is COC(=O)[C@@H]1CCCN1C(=O)c1ccc(Br)c(S(=O)(=O)N(C)C)c1. The van der Waals surface area contributed by atoms with Crippen LogP contribution in [0.25, 0.3) is 0 Å². The van der Waals surface area contributed by atoms with Gasteiger partial charge in [0.2, 0.25) is 10.0 Å². The molecule has 24 heavy (non-hydrogen) atoms. The first-order valence-electron chi connectivity index (χ1n) is 7.31. The Bertz CT molecular complexity index is 763. The molecule has 0 unspecified atom stereocenters. The zero-order valence-corrected chi connectivity index (χ0v) is 16.1. The highest BCUT2D eigenvalue weighted by Gasteiger charge is 2.35. The second kappa shape index (κ2) is 7.20. The van der Waals surface area contributed by atoms with Crippen molar-refractivity contribution in [1.29, 1.82) is 0 Å². The zero-order chi connectivity index (χ0) is 18.1. The van der Waals surface area contributed by atoms with E-state index in [4.69, 9.17) is 4.74 Å². The summed E-state index contributed by atoms with van der Waals surface area (Å²) >= 11 is 3.21. The van der Waals surface area contributed by atoms with E-state index in [1.165, 1.54) is 44.3 Å². The number of rotatable bonds is 4. The van der Waals surface area contributed by atoms with Crippen molar-refractivity contribution in [3.8, 4) is 0 Å². The molecular formula is C15H19BrN2O5S. The van der Waals surface area contributed by atoms with Crippen LogP contribution in [0.5, 0.6) is 0 Å². The lowest BCUT2D eigenvalue weighted by molar-refractivity contribution is -0.145. The van der Waals surface area contributed by atoms with Crippen molar-refractivity contribution >= 4 is 37.8 Å². The molecule has 1 atom stereocenters. The third-order valence-electron chi connectivity index (χ3n) is 3.92. The van der Waals surface area contributed by atoms with Gasteiger partial charge in [-0.2, -0.15) is 0 Å². The molecule has 1 amide bonds. The third-order valence-corrected chi connectivity index (χ3v) is 6.73. The van der Waals surface area contributed by atoms with E-state index in [9.17, 15) is 18.0 Å². The molecule has 1 heterocycles. The minimum Gasteiger partial charge on any atom is -0.467 e. The number of amides is 1. The summed E-state index contributed by atoms with van der Waals surface area (Å²) in [5, 5.41) is 0. The van der Waals surface area contributed by atoms with Gasteiger partial charge in [-0.1, -0.05) is 0 Å². The van der Waals surface area contributed by atoms with Crippen molar-refractivity contribution in [2.75, 3.05) is 27.7 Å². The maximum Gasteiger partial charge on any atom is 0.328 e. The zero-order valence-electron chi connectivity index (χ0n) is 13.7. The Morgan fingerprint density at radius 2 is 2.00 bits per heavy atom. The quantitative estimate of drug-likeness (QED) is 0.691. The molecule has 1 saturated heterocycles. The van der Waals surface area contributed by atoms with E-state index in [-0.39, 0.29) is 16.4 Å². The maximum atomic E-state index is 12.7. The standard InChI is InChI=1S/C15H19BrN2O5S/c1-17(2)24(21,22)13-9-10(6-7-11(13)16)14(19)18-8-4-5-12(18)15(20)23-3/h6-7,9,12H,4-5,8H2,1-3H3/t12-/m0/s1. The summed E-state index contributed by atoms with van der Waals surface area (Å²) in [7, 11) is 0.426. The van der Waals surface area contributed by atoms with Gasteiger partial charge in [0.15, 0.2) is 0 Å². The first-order valence-corrected chi connectivity index (χ1v) is 9.54. The molecule has 0 aliphatic carbocycles. The molecule has 0 aromatic heterocycles. The molecule has 1 fully saturated rings. The minimum atomic E-state index is -3.70. The second-order valence-electron chi connectivity index (χ2n) is 5.61. The van der Waals surface area contributed by atoms with Crippen molar-refractivity contribution < 1.29 is 22.7 Å². The normalized spacial score (nSPS) is 18.0. The van der Waals surface area contributed by atoms with E-state index in [0.29, 0.717) is 23.9 Å². The highest BCUT2D eigenvalue weighted by molar-refractivity contribution is 9.10. The molecule has 0 saturated carbocycles. The summed E-state index contributed by atoms with van der Waals surface area (Å²) in [4.78, 5) is 26.0. The number of sulfonamides is 1. The maximum absolute atomic E-state index is 12.7. The lowest BCUT2D eigenvalue weighted by atomic mass is 10.1. The lowest BCUT2D eigenvalue weighted by Gasteiger charge is -2.23. The number of likely N-dealkylation sites (tertiary alicyclic amines) is 1. The average Bonchev–Trinajstić information content (AvgIpc) is 3.03. The summed E-state index contributed by atoms with van der Waals surface area (Å²) in [6.45, 7) is 0.435. The van der Waals surface area contributed by atoms with E-state index in [2.05, 4.69) is 15.9 Å². The van der Waals surface area contributed by atoms with Crippen molar-refractivity contribution in [3.05, 3.63) is 28.2 Å². The van der Waals surface area contributed by atoms with Crippen LogP contribution in [-0.2, 0) is 19.6 Å². The van der Waals surface area contributed by atoms with E-state index in [1.807, 2.05) is 0 Å². The third kappa shape index (κ3) is 3.47. The molecule has 1 aliphatic heterocycles. The topological polar surface area (TPSA) is 84.0 Å². The van der Waals surface area contributed by atoms with Gasteiger partial charge in [0, 0.05) is 30.7 Å². The lowest BCUT2D eigenvalue weighted by Crippen LogP contribution is -2.41. The van der Waals surface area contributed by atoms with E-state index in [1.54, 1.807) is 0 Å². The number of carbonyl (C=O) groups is 2. The highest BCUT2D eigenvalue weighted by Crippen LogP contribution is 2.27. The number of ether oxygens (including phenoxy) is 1. The first kappa shape index (κ1) is 18.9. The van der Waals surface area contributed by atoms with Crippen LogP contribution < -0.4 is 0 Å². The summed E-state index contributed by atoms with van der Waals surface area (Å²) in [5.74, 6) is -0.843. The Hall–Kier alpha value is -1.45. The van der Waals surface area contributed by atoms with Crippen LogP contribution in [0.15, 0.2) is 27.6 Å². The highest BCUT2D eigenvalue weighted by atomic mass is 79.9. The van der Waals surface area contributed by atoms with E-state index >= 15 is 0 Å². The Kier molecular flexibility index (Phi) is 5.67. The summed E-state index contributed by atoms with van der Waals surface area (Å²) in [6.07, 6.45) is 1.24. The number of halogens is 1.